The lowest BCUT2D eigenvalue weighted by atomic mass is 10.1. The van der Waals surface area contributed by atoms with Crippen molar-refractivity contribution in [2.75, 3.05) is 44.3 Å². The van der Waals surface area contributed by atoms with E-state index >= 15 is 0 Å². The van der Waals surface area contributed by atoms with E-state index in [2.05, 4.69) is 32.0 Å². The second kappa shape index (κ2) is 13.0. The Labute approximate surface area is 264 Å². The van der Waals surface area contributed by atoms with Crippen LogP contribution in [-0.2, 0) is 28.4 Å². The predicted octanol–water partition coefficient (Wildman–Crippen LogP) is 6.56. The predicted molar refractivity (Wildman–Crippen MR) is 165 cm³/mol. The zero-order chi connectivity index (χ0) is 29.1. The number of aromatic nitrogens is 3. The van der Waals surface area contributed by atoms with Crippen molar-refractivity contribution in [3.63, 3.8) is 0 Å². The Morgan fingerprint density at radius 1 is 0.881 bits per heavy atom. The lowest BCUT2D eigenvalue weighted by Crippen LogP contribution is -2.46. The molecule has 0 bridgehead atoms. The number of rotatable bonds is 9. The summed E-state index contributed by atoms with van der Waals surface area (Å²) in [5, 5.41) is 6.58. The number of hydrogen-bond donors (Lipinski definition) is 0. The minimum Gasteiger partial charge on any atom is -0.491 e. The SMILES string of the molecule is Clc1ccc(CN2CCN(c3ccc(OCC4COC(Cn5cncn5)(c5ccc(Cl)cc5Cl)O4)cc3)CC2)c(Cl)c1. The number of piperazine rings is 1. The molecule has 0 saturated carbocycles. The van der Waals surface area contributed by atoms with E-state index < -0.39 is 5.79 Å². The van der Waals surface area contributed by atoms with Gasteiger partial charge in [0.1, 0.15) is 37.7 Å². The van der Waals surface area contributed by atoms with Gasteiger partial charge in [-0.25, -0.2) is 9.67 Å². The molecular formula is C30H29Cl4N5O3. The average Bonchev–Trinajstić information content (AvgIpc) is 3.65. The first-order valence-electron chi connectivity index (χ1n) is 13.6. The van der Waals surface area contributed by atoms with Gasteiger partial charge in [0.25, 0.3) is 0 Å². The van der Waals surface area contributed by atoms with Crippen LogP contribution >= 0.6 is 46.4 Å². The van der Waals surface area contributed by atoms with Crippen molar-refractivity contribution in [3.8, 4) is 5.75 Å². The van der Waals surface area contributed by atoms with Crippen molar-refractivity contribution in [2.24, 2.45) is 0 Å². The largest absolute Gasteiger partial charge is 0.491 e. The highest BCUT2D eigenvalue weighted by molar-refractivity contribution is 6.35. The van der Waals surface area contributed by atoms with E-state index in [9.17, 15) is 0 Å². The molecule has 220 valence electrons. The van der Waals surface area contributed by atoms with Gasteiger partial charge in [0, 0.05) is 59.0 Å². The summed E-state index contributed by atoms with van der Waals surface area (Å²) in [6.07, 6.45) is 2.76. The summed E-state index contributed by atoms with van der Waals surface area (Å²) in [4.78, 5) is 8.83. The van der Waals surface area contributed by atoms with Crippen molar-refractivity contribution in [3.05, 3.63) is 105 Å². The van der Waals surface area contributed by atoms with Gasteiger partial charge >= 0.3 is 0 Å². The fourth-order valence-corrected chi connectivity index (χ4v) is 6.30. The number of anilines is 1. The third kappa shape index (κ3) is 6.81. The Kier molecular flexibility index (Phi) is 9.12. The molecule has 2 aliphatic rings. The Morgan fingerprint density at radius 2 is 1.62 bits per heavy atom. The summed E-state index contributed by atoms with van der Waals surface area (Å²) in [7, 11) is 0. The minimum absolute atomic E-state index is 0.277. The third-order valence-corrected chi connectivity index (χ3v) is 8.59. The van der Waals surface area contributed by atoms with Crippen LogP contribution in [0.1, 0.15) is 11.1 Å². The van der Waals surface area contributed by atoms with Gasteiger partial charge in [-0.1, -0.05) is 58.5 Å². The Hall–Kier alpha value is -2.56. The quantitative estimate of drug-likeness (QED) is 0.204. The molecule has 8 nitrogen and oxygen atoms in total. The van der Waals surface area contributed by atoms with Gasteiger partial charge in [0.05, 0.1) is 11.6 Å². The maximum absolute atomic E-state index is 6.56. The van der Waals surface area contributed by atoms with Gasteiger partial charge in [-0.05, 0) is 54.1 Å². The minimum atomic E-state index is -1.14. The van der Waals surface area contributed by atoms with E-state index in [0.29, 0.717) is 38.9 Å². The van der Waals surface area contributed by atoms with Crippen molar-refractivity contribution in [1.82, 2.24) is 19.7 Å². The second-order valence-electron chi connectivity index (χ2n) is 10.3. The Bertz CT molecular complexity index is 1500. The molecule has 0 amide bonds. The smallest absolute Gasteiger partial charge is 0.217 e. The molecule has 0 aliphatic carbocycles. The number of ether oxygens (including phenoxy) is 3. The third-order valence-electron chi connectivity index (χ3n) is 7.46. The first-order valence-corrected chi connectivity index (χ1v) is 15.1. The van der Waals surface area contributed by atoms with E-state index in [1.54, 1.807) is 29.2 Å². The van der Waals surface area contributed by atoms with Crippen molar-refractivity contribution in [2.45, 2.75) is 25.0 Å². The molecule has 0 N–H and O–H groups in total. The van der Waals surface area contributed by atoms with E-state index in [-0.39, 0.29) is 12.6 Å². The van der Waals surface area contributed by atoms with Crippen LogP contribution in [0.3, 0.4) is 0 Å². The molecule has 42 heavy (non-hydrogen) atoms. The van der Waals surface area contributed by atoms with Crippen molar-refractivity contribution in [1.29, 1.82) is 0 Å². The molecule has 12 heteroatoms. The molecule has 2 atom stereocenters. The molecule has 2 aliphatic heterocycles. The number of halogens is 4. The highest BCUT2D eigenvalue weighted by Crippen LogP contribution is 2.40. The first-order chi connectivity index (χ1) is 20.4. The maximum Gasteiger partial charge on any atom is 0.217 e. The fraction of sp³-hybridized carbons (Fsp3) is 0.333. The van der Waals surface area contributed by atoms with Crippen LogP contribution in [0.2, 0.25) is 20.1 Å². The zero-order valence-corrected chi connectivity index (χ0v) is 25.7. The highest BCUT2D eigenvalue weighted by atomic mass is 35.5. The molecule has 4 aromatic rings. The van der Waals surface area contributed by atoms with Gasteiger partial charge in [-0.3, -0.25) is 4.90 Å². The molecule has 0 radical (unpaired) electrons. The van der Waals surface area contributed by atoms with Gasteiger partial charge in [0.2, 0.25) is 5.79 Å². The number of hydrogen-bond acceptors (Lipinski definition) is 7. The van der Waals surface area contributed by atoms with E-state index in [1.165, 1.54) is 6.33 Å². The molecule has 3 aromatic carbocycles. The lowest BCUT2D eigenvalue weighted by molar-refractivity contribution is -0.190. The number of benzene rings is 3. The van der Waals surface area contributed by atoms with Crippen molar-refractivity contribution < 1.29 is 14.2 Å². The molecule has 6 rings (SSSR count). The van der Waals surface area contributed by atoms with E-state index in [0.717, 1.165) is 49.7 Å². The van der Waals surface area contributed by atoms with Gasteiger partial charge in [-0.15, -0.1) is 0 Å². The topological polar surface area (TPSA) is 64.9 Å². The maximum atomic E-state index is 6.56. The monoisotopic (exact) mass is 647 g/mol. The fourth-order valence-electron chi connectivity index (χ4n) is 5.28. The van der Waals surface area contributed by atoms with Crippen LogP contribution in [0.4, 0.5) is 5.69 Å². The summed E-state index contributed by atoms with van der Waals surface area (Å²) in [5.41, 5.74) is 2.93. The van der Waals surface area contributed by atoms with E-state index in [4.69, 9.17) is 60.6 Å². The van der Waals surface area contributed by atoms with E-state index in [1.807, 2.05) is 30.3 Å². The standard InChI is InChI=1S/C30H29Cl4N5O3/c31-22-2-1-21(28(33)13-22)15-37-9-11-38(12-10-37)24-4-6-25(7-5-24)40-16-26-17-41-30(42-26,18-39-20-35-19-36-39)27-8-3-23(32)14-29(27)34/h1-8,13-14,19-20,26H,9-12,15-18H2. The normalized spacial score (nSPS) is 21.1. The molecule has 3 heterocycles. The highest BCUT2D eigenvalue weighted by Gasteiger charge is 2.45. The van der Waals surface area contributed by atoms with Crippen LogP contribution in [0, 0.1) is 0 Å². The zero-order valence-electron chi connectivity index (χ0n) is 22.6. The van der Waals surface area contributed by atoms with Gasteiger partial charge < -0.3 is 19.1 Å². The molecule has 2 fully saturated rings. The molecule has 2 unspecified atom stereocenters. The van der Waals surface area contributed by atoms with Crippen molar-refractivity contribution >= 4 is 52.1 Å². The Balaban J connectivity index is 1.03. The first kappa shape index (κ1) is 29.5. The molecule has 1 aromatic heterocycles. The number of nitrogens with zero attached hydrogens (tertiary/aromatic N) is 5. The summed E-state index contributed by atoms with van der Waals surface area (Å²) in [6.45, 7) is 5.49. The van der Waals surface area contributed by atoms with Crippen LogP contribution in [0.5, 0.6) is 5.75 Å². The summed E-state index contributed by atoms with van der Waals surface area (Å²) in [5.74, 6) is -0.384. The average molecular weight is 649 g/mol. The lowest BCUT2D eigenvalue weighted by Gasteiger charge is -2.36. The second-order valence-corrected chi connectivity index (χ2v) is 12.0. The summed E-state index contributed by atoms with van der Waals surface area (Å²) < 4.78 is 20.4. The Morgan fingerprint density at radius 3 is 2.31 bits per heavy atom. The van der Waals surface area contributed by atoms with Gasteiger partial charge in [0.15, 0.2) is 0 Å². The van der Waals surface area contributed by atoms with Crippen LogP contribution < -0.4 is 9.64 Å². The van der Waals surface area contributed by atoms with Gasteiger partial charge in [-0.2, -0.15) is 5.10 Å². The van der Waals surface area contributed by atoms with Crippen LogP contribution in [0.25, 0.3) is 0 Å². The molecular weight excluding hydrogens is 620 g/mol. The van der Waals surface area contributed by atoms with Crippen LogP contribution in [0.15, 0.2) is 73.3 Å². The summed E-state index contributed by atoms with van der Waals surface area (Å²) >= 11 is 25.1. The van der Waals surface area contributed by atoms with Crippen LogP contribution in [-0.4, -0.2) is 65.2 Å². The summed E-state index contributed by atoms with van der Waals surface area (Å²) in [6, 6.07) is 19.1. The molecule has 0 spiro atoms. The molecule has 2 saturated heterocycles.